The van der Waals surface area contributed by atoms with Crippen LogP contribution in [0.5, 0.6) is 5.75 Å². The second-order valence-electron chi connectivity index (χ2n) is 9.32. The lowest BCUT2D eigenvalue weighted by atomic mass is 9.49. The van der Waals surface area contributed by atoms with E-state index < -0.39 is 6.61 Å². The monoisotopic (exact) mass is 420 g/mol. The lowest BCUT2D eigenvalue weighted by molar-refractivity contribution is -0.146. The minimum Gasteiger partial charge on any atom is -0.434 e. The summed E-state index contributed by atoms with van der Waals surface area (Å²) in [5, 5.41) is 5.81. The minimum atomic E-state index is -2.90. The first-order valence-corrected chi connectivity index (χ1v) is 11.0. The Morgan fingerprint density at radius 3 is 2.30 bits per heavy atom. The topological polar surface area (TPSA) is 67.4 Å². The van der Waals surface area contributed by atoms with Gasteiger partial charge in [-0.3, -0.25) is 9.59 Å². The molecular formula is C23H30F2N2O3. The van der Waals surface area contributed by atoms with Gasteiger partial charge in [-0.15, -0.1) is 0 Å². The highest BCUT2D eigenvalue weighted by atomic mass is 19.3. The molecule has 2 N–H and O–H groups in total. The van der Waals surface area contributed by atoms with Crippen molar-refractivity contribution >= 4 is 11.8 Å². The van der Waals surface area contributed by atoms with Crippen molar-refractivity contribution in [3.63, 3.8) is 0 Å². The SMILES string of the molecule is O=C(CCCNC(=O)C12CC3CC(CC(C3)C1)C2)NCc1ccccc1OC(F)F. The van der Waals surface area contributed by atoms with Crippen LogP contribution in [0.15, 0.2) is 24.3 Å². The van der Waals surface area contributed by atoms with Crippen molar-refractivity contribution in [1.29, 1.82) is 0 Å². The molecule has 5 nitrogen and oxygen atoms in total. The van der Waals surface area contributed by atoms with E-state index in [0.717, 1.165) is 37.0 Å². The van der Waals surface area contributed by atoms with Crippen LogP contribution in [0, 0.1) is 23.2 Å². The number of carbonyl (C=O) groups is 2. The molecule has 30 heavy (non-hydrogen) atoms. The zero-order chi connectivity index (χ0) is 21.1. The molecule has 4 aliphatic rings. The van der Waals surface area contributed by atoms with E-state index in [-0.39, 0.29) is 35.9 Å². The zero-order valence-electron chi connectivity index (χ0n) is 17.2. The Morgan fingerprint density at radius 1 is 1.03 bits per heavy atom. The lowest BCUT2D eigenvalue weighted by Crippen LogP contribution is -2.53. The number of rotatable bonds is 9. The summed E-state index contributed by atoms with van der Waals surface area (Å²) in [5.41, 5.74) is 0.340. The molecule has 0 atom stereocenters. The van der Waals surface area contributed by atoms with E-state index in [4.69, 9.17) is 0 Å². The number of alkyl halides is 2. The van der Waals surface area contributed by atoms with Crippen LogP contribution in [-0.2, 0) is 16.1 Å². The lowest BCUT2D eigenvalue weighted by Gasteiger charge is -2.55. The molecule has 4 aliphatic carbocycles. The van der Waals surface area contributed by atoms with E-state index in [1.54, 1.807) is 18.2 Å². The van der Waals surface area contributed by atoms with Gasteiger partial charge in [-0.25, -0.2) is 0 Å². The largest absolute Gasteiger partial charge is 0.434 e. The Hall–Kier alpha value is -2.18. The van der Waals surface area contributed by atoms with E-state index >= 15 is 0 Å². The fourth-order valence-corrected chi connectivity index (χ4v) is 6.17. The summed E-state index contributed by atoms with van der Waals surface area (Å²) in [6, 6.07) is 6.41. The predicted octanol–water partition coefficient (Wildman–Crippen LogP) is 4.02. The van der Waals surface area contributed by atoms with Gasteiger partial charge in [0, 0.05) is 30.5 Å². The fraction of sp³-hybridized carbons (Fsp3) is 0.652. The smallest absolute Gasteiger partial charge is 0.387 e. The molecule has 7 heteroatoms. The van der Waals surface area contributed by atoms with Crippen molar-refractivity contribution in [2.45, 2.75) is 64.5 Å². The molecule has 0 spiro atoms. The minimum absolute atomic E-state index is 0.0654. The molecule has 4 fully saturated rings. The van der Waals surface area contributed by atoms with Gasteiger partial charge < -0.3 is 15.4 Å². The Labute approximate surface area is 175 Å². The van der Waals surface area contributed by atoms with Crippen molar-refractivity contribution in [3.8, 4) is 5.75 Å². The van der Waals surface area contributed by atoms with Gasteiger partial charge in [-0.2, -0.15) is 8.78 Å². The molecule has 0 radical (unpaired) electrons. The third-order valence-electron chi connectivity index (χ3n) is 7.05. The predicted molar refractivity (Wildman–Crippen MR) is 108 cm³/mol. The molecule has 1 aromatic rings. The molecule has 2 amide bonds. The summed E-state index contributed by atoms with van der Waals surface area (Å²) in [7, 11) is 0. The number of para-hydroxylation sites is 1. The van der Waals surface area contributed by atoms with Crippen LogP contribution in [-0.4, -0.2) is 25.0 Å². The normalized spacial score (nSPS) is 29.1. The molecule has 4 bridgehead atoms. The van der Waals surface area contributed by atoms with Gasteiger partial charge in [0.25, 0.3) is 0 Å². The van der Waals surface area contributed by atoms with Crippen molar-refractivity contribution in [3.05, 3.63) is 29.8 Å². The average molecular weight is 421 g/mol. The number of hydrogen-bond donors (Lipinski definition) is 2. The fourth-order valence-electron chi connectivity index (χ4n) is 6.17. The highest BCUT2D eigenvalue weighted by Gasteiger charge is 2.54. The molecule has 0 saturated heterocycles. The second-order valence-corrected chi connectivity index (χ2v) is 9.32. The van der Waals surface area contributed by atoms with E-state index in [1.807, 2.05) is 0 Å². The first kappa shape index (κ1) is 21.1. The molecule has 1 aromatic carbocycles. The Morgan fingerprint density at radius 2 is 1.67 bits per heavy atom. The van der Waals surface area contributed by atoms with Gasteiger partial charge in [0.2, 0.25) is 11.8 Å². The van der Waals surface area contributed by atoms with Crippen molar-refractivity contribution in [2.75, 3.05) is 6.54 Å². The molecule has 0 heterocycles. The molecule has 4 saturated carbocycles. The number of benzene rings is 1. The van der Waals surface area contributed by atoms with Gasteiger partial charge in [0.15, 0.2) is 0 Å². The zero-order valence-corrected chi connectivity index (χ0v) is 17.2. The quantitative estimate of drug-likeness (QED) is 0.593. The van der Waals surface area contributed by atoms with Gasteiger partial charge in [-0.05, 0) is 68.8 Å². The maximum Gasteiger partial charge on any atom is 0.387 e. The summed E-state index contributed by atoms with van der Waals surface area (Å²) in [6.07, 6.45) is 7.84. The maximum atomic E-state index is 12.9. The van der Waals surface area contributed by atoms with Crippen LogP contribution in [0.25, 0.3) is 0 Å². The highest BCUT2D eigenvalue weighted by Crippen LogP contribution is 2.60. The van der Waals surface area contributed by atoms with Crippen LogP contribution in [0.3, 0.4) is 0 Å². The Kier molecular flexibility index (Phi) is 6.25. The van der Waals surface area contributed by atoms with Crippen molar-refractivity contribution in [2.24, 2.45) is 23.2 Å². The van der Waals surface area contributed by atoms with Crippen LogP contribution in [0.1, 0.15) is 56.9 Å². The van der Waals surface area contributed by atoms with Crippen molar-refractivity contribution in [1.82, 2.24) is 10.6 Å². The molecule has 0 unspecified atom stereocenters. The summed E-state index contributed by atoms with van der Waals surface area (Å²) < 4.78 is 29.4. The molecule has 5 rings (SSSR count). The third-order valence-corrected chi connectivity index (χ3v) is 7.05. The maximum absolute atomic E-state index is 12.9. The van der Waals surface area contributed by atoms with Gasteiger partial charge in [-0.1, -0.05) is 18.2 Å². The van der Waals surface area contributed by atoms with Gasteiger partial charge in [0.1, 0.15) is 5.75 Å². The standard InChI is InChI=1S/C23H30F2N2O3/c24-22(25)30-19-5-2-1-4-18(19)14-27-20(28)6-3-7-26-21(29)23-11-15-8-16(12-23)10-17(9-15)13-23/h1-2,4-5,15-17,22H,3,6-14H2,(H,26,29)(H,27,28). The number of amides is 2. The second kappa shape index (κ2) is 8.90. The van der Waals surface area contributed by atoms with E-state index in [0.29, 0.717) is 18.5 Å². The van der Waals surface area contributed by atoms with Crippen molar-refractivity contribution < 1.29 is 23.1 Å². The first-order valence-electron chi connectivity index (χ1n) is 11.0. The van der Waals surface area contributed by atoms with Crippen LogP contribution in [0.4, 0.5) is 8.78 Å². The third kappa shape index (κ3) is 4.76. The average Bonchev–Trinajstić information content (AvgIpc) is 2.69. The van der Waals surface area contributed by atoms with Gasteiger partial charge in [0.05, 0.1) is 0 Å². The molecule has 0 aliphatic heterocycles. The summed E-state index contributed by atoms with van der Waals surface area (Å²) in [5.74, 6) is 2.25. The summed E-state index contributed by atoms with van der Waals surface area (Å²) in [4.78, 5) is 25.0. The van der Waals surface area contributed by atoms with Crippen LogP contribution >= 0.6 is 0 Å². The number of carbonyl (C=O) groups excluding carboxylic acids is 2. The number of nitrogens with one attached hydrogen (secondary N) is 2. The highest BCUT2D eigenvalue weighted by molar-refractivity contribution is 5.83. The number of halogens is 2. The summed E-state index contributed by atoms with van der Waals surface area (Å²) in [6.45, 7) is -2.29. The first-order chi connectivity index (χ1) is 14.4. The Bertz CT molecular complexity index is 748. The number of hydrogen-bond acceptors (Lipinski definition) is 3. The van der Waals surface area contributed by atoms with E-state index in [2.05, 4.69) is 15.4 Å². The summed E-state index contributed by atoms with van der Waals surface area (Å²) >= 11 is 0. The van der Waals surface area contributed by atoms with Crippen LogP contribution in [0.2, 0.25) is 0 Å². The molecule has 164 valence electrons. The van der Waals surface area contributed by atoms with E-state index in [9.17, 15) is 18.4 Å². The molecular weight excluding hydrogens is 390 g/mol. The van der Waals surface area contributed by atoms with Crippen LogP contribution < -0.4 is 15.4 Å². The van der Waals surface area contributed by atoms with E-state index in [1.165, 1.54) is 25.3 Å². The van der Waals surface area contributed by atoms with Gasteiger partial charge >= 0.3 is 6.61 Å². The molecule has 0 aromatic heterocycles. The number of ether oxygens (including phenoxy) is 1. The Balaban J connectivity index is 1.18.